The minimum absolute atomic E-state index is 0.00483. The Morgan fingerprint density at radius 2 is 1.90 bits per heavy atom. The molecule has 2 N–H and O–H groups in total. The standard InChI is InChI=1S/C15H14N2O3/c18-13(15(19)20)12-8-16-14(17-12)11-6-5-9-3-1-2-4-10(9)7-11/h5-8H,1-4H2,(H,16,17)(H,19,20). The van der Waals surface area contributed by atoms with Gasteiger partial charge in [-0.25, -0.2) is 9.78 Å². The first-order valence-electron chi connectivity index (χ1n) is 6.60. The van der Waals surface area contributed by atoms with Gasteiger partial charge >= 0.3 is 5.97 Å². The van der Waals surface area contributed by atoms with Gasteiger partial charge in [-0.2, -0.15) is 0 Å². The number of Topliss-reactive ketones (excluding diaryl/α,β-unsaturated/α-hetero) is 1. The van der Waals surface area contributed by atoms with Gasteiger partial charge in [0.2, 0.25) is 0 Å². The maximum atomic E-state index is 11.4. The van der Waals surface area contributed by atoms with Crippen LogP contribution in [-0.4, -0.2) is 26.8 Å². The number of carbonyl (C=O) groups excluding carboxylic acids is 1. The van der Waals surface area contributed by atoms with Crippen LogP contribution in [0.2, 0.25) is 0 Å². The van der Waals surface area contributed by atoms with Crippen LogP contribution < -0.4 is 0 Å². The Morgan fingerprint density at radius 1 is 1.15 bits per heavy atom. The van der Waals surface area contributed by atoms with E-state index in [0.717, 1.165) is 18.4 Å². The number of imidazole rings is 1. The number of nitrogens with zero attached hydrogens (tertiary/aromatic N) is 1. The van der Waals surface area contributed by atoms with Crippen molar-refractivity contribution in [2.75, 3.05) is 0 Å². The fourth-order valence-electron chi connectivity index (χ4n) is 2.58. The number of hydrogen-bond acceptors (Lipinski definition) is 3. The Morgan fingerprint density at radius 3 is 2.65 bits per heavy atom. The summed E-state index contributed by atoms with van der Waals surface area (Å²) >= 11 is 0. The Labute approximate surface area is 115 Å². The molecule has 0 radical (unpaired) electrons. The maximum Gasteiger partial charge on any atom is 0.378 e. The van der Waals surface area contributed by atoms with Crippen LogP contribution in [0.1, 0.15) is 34.5 Å². The summed E-state index contributed by atoms with van der Waals surface area (Å²) in [6.45, 7) is 0. The molecule has 1 aliphatic carbocycles. The summed E-state index contributed by atoms with van der Waals surface area (Å²) in [6, 6.07) is 6.12. The molecule has 0 unspecified atom stereocenters. The lowest BCUT2D eigenvalue weighted by molar-refractivity contribution is -0.131. The van der Waals surface area contributed by atoms with Gasteiger partial charge in [0.15, 0.2) is 0 Å². The van der Waals surface area contributed by atoms with Crippen molar-refractivity contribution < 1.29 is 14.7 Å². The largest absolute Gasteiger partial charge is 0.475 e. The van der Waals surface area contributed by atoms with Crippen molar-refractivity contribution in [3.05, 3.63) is 41.2 Å². The van der Waals surface area contributed by atoms with E-state index in [-0.39, 0.29) is 5.69 Å². The molecule has 0 fully saturated rings. The molecule has 1 heterocycles. The predicted octanol–water partition coefficient (Wildman–Crippen LogP) is 2.22. The zero-order chi connectivity index (χ0) is 14.1. The topological polar surface area (TPSA) is 83.0 Å². The summed E-state index contributed by atoms with van der Waals surface area (Å²) in [5.74, 6) is -1.92. The van der Waals surface area contributed by atoms with Gasteiger partial charge in [0.1, 0.15) is 11.5 Å². The van der Waals surface area contributed by atoms with Crippen molar-refractivity contribution in [1.29, 1.82) is 0 Å². The van der Waals surface area contributed by atoms with Gasteiger partial charge in [0.05, 0.1) is 6.20 Å². The number of rotatable bonds is 3. The van der Waals surface area contributed by atoms with Crippen LogP contribution in [0.15, 0.2) is 24.4 Å². The summed E-state index contributed by atoms with van der Waals surface area (Å²) in [4.78, 5) is 28.9. The van der Waals surface area contributed by atoms with Crippen molar-refractivity contribution in [2.45, 2.75) is 25.7 Å². The van der Waals surface area contributed by atoms with Crippen molar-refractivity contribution in [1.82, 2.24) is 9.97 Å². The molecule has 1 aliphatic rings. The van der Waals surface area contributed by atoms with Crippen LogP contribution in [0, 0.1) is 0 Å². The van der Waals surface area contributed by atoms with E-state index in [0.29, 0.717) is 5.82 Å². The molecule has 20 heavy (non-hydrogen) atoms. The first-order chi connectivity index (χ1) is 9.65. The molecule has 5 heteroatoms. The average molecular weight is 270 g/mol. The summed E-state index contributed by atoms with van der Waals surface area (Å²) < 4.78 is 0. The van der Waals surface area contributed by atoms with Crippen molar-refractivity contribution in [3.8, 4) is 11.4 Å². The van der Waals surface area contributed by atoms with Crippen LogP contribution in [0.4, 0.5) is 0 Å². The Bertz CT molecular complexity index is 688. The van der Waals surface area contributed by atoms with Crippen molar-refractivity contribution in [2.24, 2.45) is 0 Å². The fourth-order valence-corrected chi connectivity index (χ4v) is 2.58. The number of aryl methyl sites for hydroxylation is 2. The second kappa shape index (κ2) is 4.92. The van der Waals surface area contributed by atoms with E-state index in [2.05, 4.69) is 22.1 Å². The number of carbonyl (C=O) groups is 2. The van der Waals surface area contributed by atoms with Gasteiger partial charge < -0.3 is 10.1 Å². The highest BCUT2D eigenvalue weighted by atomic mass is 16.4. The summed E-state index contributed by atoms with van der Waals surface area (Å²) in [5, 5.41) is 8.68. The minimum atomic E-state index is -1.48. The third-order valence-corrected chi connectivity index (χ3v) is 3.64. The quantitative estimate of drug-likeness (QED) is 0.661. The number of hydrogen-bond donors (Lipinski definition) is 2. The number of benzene rings is 1. The molecule has 0 saturated heterocycles. The molecule has 2 aromatic rings. The van der Waals surface area contributed by atoms with Gasteiger partial charge in [-0.15, -0.1) is 0 Å². The number of carboxylic acid groups (broad SMARTS) is 1. The molecule has 0 spiro atoms. The zero-order valence-corrected chi connectivity index (χ0v) is 10.8. The highest BCUT2D eigenvalue weighted by Crippen LogP contribution is 2.26. The first-order valence-corrected chi connectivity index (χ1v) is 6.60. The third-order valence-electron chi connectivity index (χ3n) is 3.64. The molecule has 0 amide bonds. The Kier molecular flexibility index (Phi) is 3.10. The van der Waals surface area contributed by atoms with E-state index in [1.807, 2.05) is 6.07 Å². The molecule has 5 nitrogen and oxygen atoms in total. The van der Waals surface area contributed by atoms with E-state index in [1.165, 1.54) is 30.2 Å². The molecule has 3 rings (SSSR count). The van der Waals surface area contributed by atoms with Gasteiger partial charge in [-0.3, -0.25) is 4.79 Å². The molecular weight excluding hydrogens is 256 g/mol. The summed E-state index contributed by atoms with van der Waals surface area (Å²) in [5.41, 5.74) is 3.57. The van der Waals surface area contributed by atoms with Gasteiger partial charge in [0, 0.05) is 5.56 Å². The molecule has 0 saturated carbocycles. The van der Waals surface area contributed by atoms with Crippen molar-refractivity contribution >= 4 is 11.8 Å². The lowest BCUT2D eigenvalue weighted by Gasteiger charge is -2.15. The highest BCUT2D eigenvalue weighted by molar-refractivity contribution is 6.39. The lowest BCUT2D eigenvalue weighted by Crippen LogP contribution is -2.12. The number of carboxylic acids is 1. The molecule has 0 bridgehead atoms. The van der Waals surface area contributed by atoms with Crippen LogP contribution in [0.3, 0.4) is 0 Å². The maximum absolute atomic E-state index is 11.4. The normalized spacial score (nSPS) is 13.8. The van der Waals surface area contributed by atoms with Gasteiger partial charge in [0.25, 0.3) is 5.78 Å². The smallest absolute Gasteiger partial charge is 0.378 e. The van der Waals surface area contributed by atoms with E-state index in [9.17, 15) is 9.59 Å². The van der Waals surface area contributed by atoms with Crippen molar-refractivity contribution in [3.63, 3.8) is 0 Å². The molecule has 1 aromatic heterocycles. The third kappa shape index (κ3) is 2.22. The predicted molar refractivity (Wildman–Crippen MR) is 72.6 cm³/mol. The van der Waals surface area contributed by atoms with Crippen LogP contribution in [0.5, 0.6) is 0 Å². The molecule has 1 aromatic carbocycles. The van der Waals surface area contributed by atoms with Crippen LogP contribution >= 0.6 is 0 Å². The Balaban J connectivity index is 1.93. The number of aromatic amines is 1. The van der Waals surface area contributed by atoms with E-state index < -0.39 is 11.8 Å². The number of ketones is 1. The van der Waals surface area contributed by atoms with Gasteiger partial charge in [-0.05, 0) is 42.9 Å². The minimum Gasteiger partial charge on any atom is -0.475 e. The molecule has 0 aliphatic heterocycles. The number of aliphatic carboxylic acids is 1. The van der Waals surface area contributed by atoms with Crippen LogP contribution in [-0.2, 0) is 17.6 Å². The zero-order valence-electron chi connectivity index (χ0n) is 10.8. The second-order valence-corrected chi connectivity index (χ2v) is 4.97. The SMILES string of the molecule is O=C(O)C(=O)c1cnc(-c2ccc3c(c2)CCCC3)[nH]1. The van der Waals surface area contributed by atoms with E-state index in [4.69, 9.17) is 5.11 Å². The first kappa shape index (κ1) is 12.6. The number of nitrogens with one attached hydrogen (secondary N) is 1. The van der Waals surface area contributed by atoms with E-state index >= 15 is 0 Å². The summed E-state index contributed by atoms with van der Waals surface area (Å²) in [7, 11) is 0. The monoisotopic (exact) mass is 270 g/mol. The Hall–Kier alpha value is -2.43. The summed E-state index contributed by atoms with van der Waals surface area (Å²) in [6.07, 6.45) is 5.86. The molecule has 0 atom stereocenters. The van der Waals surface area contributed by atoms with Gasteiger partial charge in [-0.1, -0.05) is 12.1 Å². The van der Waals surface area contributed by atoms with E-state index in [1.54, 1.807) is 0 Å². The molecule has 102 valence electrons. The molecular formula is C15H14N2O3. The lowest BCUT2D eigenvalue weighted by atomic mass is 9.90. The second-order valence-electron chi connectivity index (χ2n) is 4.97. The average Bonchev–Trinajstić information content (AvgIpc) is 2.95. The highest BCUT2D eigenvalue weighted by Gasteiger charge is 2.18. The van der Waals surface area contributed by atoms with Crippen LogP contribution in [0.25, 0.3) is 11.4 Å². The number of aromatic nitrogens is 2. The fraction of sp³-hybridized carbons (Fsp3) is 0.267. The number of H-pyrrole nitrogens is 1. The number of fused-ring (bicyclic) bond motifs is 1.